The van der Waals surface area contributed by atoms with Crippen molar-refractivity contribution in [2.45, 2.75) is 0 Å². The van der Waals surface area contributed by atoms with E-state index in [2.05, 4.69) is 20.7 Å². The molecular weight excluding hydrogens is 273 g/mol. The normalized spacial score (nSPS) is 10.1. The average molecular weight is 282 g/mol. The average Bonchev–Trinajstić information content (AvgIpc) is 2.41. The van der Waals surface area contributed by atoms with Crippen molar-refractivity contribution in [1.29, 1.82) is 0 Å². The summed E-state index contributed by atoms with van der Waals surface area (Å²) in [5.41, 5.74) is 1.84. The molecule has 2 heterocycles. The SMILES string of the molecule is NNc1nccc(C(=O)Nc2ncccc2Cl)c1F. The molecule has 0 unspecified atom stereocenters. The Balaban J connectivity index is 2.28. The van der Waals surface area contributed by atoms with Crippen LogP contribution in [0, 0.1) is 5.82 Å². The van der Waals surface area contributed by atoms with E-state index in [0.717, 1.165) is 0 Å². The van der Waals surface area contributed by atoms with E-state index in [1.807, 2.05) is 0 Å². The van der Waals surface area contributed by atoms with E-state index in [0.29, 0.717) is 0 Å². The second kappa shape index (κ2) is 5.59. The fraction of sp³-hybridized carbons (Fsp3) is 0. The van der Waals surface area contributed by atoms with Gasteiger partial charge in [0.1, 0.15) is 0 Å². The van der Waals surface area contributed by atoms with Crippen LogP contribution in [0.15, 0.2) is 30.6 Å². The maximum atomic E-state index is 13.8. The Morgan fingerprint density at radius 2 is 2.00 bits per heavy atom. The molecule has 2 aromatic rings. The van der Waals surface area contributed by atoms with Gasteiger partial charge in [0.2, 0.25) is 0 Å². The number of amides is 1. The number of pyridine rings is 2. The molecule has 1 amide bonds. The van der Waals surface area contributed by atoms with Crippen molar-refractivity contribution >= 4 is 29.1 Å². The second-order valence-corrected chi connectivity index (χ2v) is 3.86. The summed E-state index contributed by atoms with van der Waals surface area (Å²) in [7, 11) is 0. The first-order valence-corrected chi connectivity index (χ1v) is 5.54. The number of carbonyl (C=O) groups excluding carboxylic acids is 1. The van der Waals surface area contributed by atoms with Crippen LogP contribution < -0.4 is 16.6 Å². The van der Waals surface area contributed by atoms with Gasteiger partial charge < -0.3 is 10.7 Å². The molecule has 4 N–H and O–H groups in total. The third kappa shape index (κ3) is 2.78. The predicted octanol–water partition coefficient (Wildman–Crippen LogP) is 1.81. The quantitative estimate of drug-likeness (QED) is 0.589. The summed E-state index contributed by atoms with van der Waals surface area (Å²) in [4.78, 5) is 19.4. The number of halogens is 2. The van der Waals surface area contributed by atoms with Crippen LogP contribution in [0.3, 0.4) is 0 Å². The summed E-state index contributed by atoms with van der Waals surface area (Å²) in [6.07, 6.45) is 2.71. The van der Waals surface area contributed by atoms with Gasteiger partial charge in [-0.05, 0) is 18.2 Å². The molecule has 8 heteroatoms. The lowest BCUT2D eigenvalue weighted by molar-refractivity contribution is 0.102. The first-order chi connectivity index (χ1) is 9.13. The molecule has 2 rings (SSSR count). The molecule has 0 bridgehead atoms. The number of anilines is 2. The van der Waals surface area contributed by atoms with Gasteiger partial charge in [0, 0.05) is 12.4 Å². The van der Waals surface area contributed by atoms with Gasteiger partial charge in [-0.3, -0.25) is 4.79 Å². The number of nitrogens with one attached hydrogen (secondary N) is 2. The Morgan fingerprint density at radius 1 is 1.26 bits per heavy atom. The number of rotatable bonds is 3. The largest absolute Gasteiger partial charge is 0.306 e. The van der Waals surface area contributed by atoms with E-state index in [9.17, 15) is 9.18 Å². The zero-order valence-corrected chi connectivity index (χ0v) is 10.3. The van der Waals surface area contributed by atoms with Gasteiger partial charge in [-0.15, -0.1) is 0 Å². The van der Waals surface area contributed by atoms with Crippen molar-refractivity contribution in [3.05, 3.63) is 47.0 Å². The first-order valence-electron chi connectivity index (χ1n) is 5.16. The van der Waals surface area contributed by atoms with Crippen LogP contribution >= 0.6 is 11.6 Å². The number of aromatic nitrogens is 2. The van der Waals surface area contributed by atoms with Gasteiger partial charge in [0.25, 0.3) is 5.91 Å². The molecule has 0 atom stereocenters. The van der Waals surface area contributed by atoms with Gasteiger partial charge in [-0.25, -0.2) is 20.2 Å². The predicted molar refractivity (Wildman–Crippen MR) is 69.2 cm³/mol. The number of hydrazine groups is 1. The number of hydrogen-bond donors (Lipinski definition) is 3. The summed E-state index contributed by atoms with van der Waals surface area (Å²) in [6.45, 7) is 0. The minimum atomic E-state index is -0.852. The van der Waals surface area contributed by atoms with Gasteiger partial charge >= 0.3 is 0 Å². The molecule has 0 saturated carbocycles. The van der Waals surface area contributed by atoms with Gasteiger partial charge in [0.05, 0.1) is 10.6 Å². The molecule has 0 aliphatic heterocycles. The second-order valence-electron chi connectivity index (χ2n) is 3.45. The smallest absolute Gasteiger partial charge is 0.260 e. The Bertz CT molecular complexity index is 622. The van der Waals surface area contributed by atoms with Gasteiger partial charge in [-0.1, -0.05) is 11.6 Å². The molecule has 0 saturated heterocycles. The molecular formula is C11H9ClFN5O. The molecule has 0 fully saturated rings. The Morgan fingerprint density at radius 3 is 2.68 bits per heavy atom. The van der Waals surface area contributed by atoms with Crippen molar-refractivity contribution in [2.75, 3.05) is 10.7 Å². The van der Waals surface area contributed by atoms with E-state index < -0.39 is 11.7 Å². The van der Waals surface area contributed by atoms with Crippen LogP contribution in [0.25, 0.3) is 0 Å². The van der Waals surface area contributed by atoms with Crippen LogP contribution in [0.5, 0.6) is 0 Å². The van der Waals surface area contributed by atoms with E-state index in [-0.39, 0.29) is 22.2 Å². The number of nitrogen functional groups attached to an aromatic ring is 1. The zero-order valence-electron chi connectivity index (χ0n) is 9.52. The lowest BCUT2D eigenvalue weighted by atomic mass is 10.2. The number of nitrogens with two attached hydrogens (primary N) is 1. The zero-order chi connectivity index (χ0) is 13.8. The molecule has 2 aromatic heterocycles. The molecule has 0 spiro atoms. The number of hydrogen-bond acceptors (Lipinski definition) is 5. The molecule has 19 heavy (non-hydrogen) atoms. The highest BCUT2D eigenvalue weighted by atomic mass is 35.5. The van der Waals surface area contributed by atoms with Crippen LogP contribution in [0.2, 0.25) is 5.02 Å². The third-order valence-corrected chi connectivity index (χ3v) is 2.57. The summed E-state index contributed by atoms with van der Waals surface area (Å²) in [5.74, 6) is 3.45. The minimum absolute atomic E-state index is 0.146. The number of nitrogens with zero attached hydrogens (tertiary/aromatic N) is 2. The van der Waals surface area contributed by atoms with E-state index in [1.165, 1.54) is 18.5 Å². The van der Waals surface area contributed by atoms with Gasteiger partial charge in [-0.2, -0.15) is 0 Å². The fourth-order valence-corrected chi connectivity index (χ4v) is 1.54. The summed E-state index contributed by atoms with van der Waals surface area (Å²) >= 11 is 5.84. The third-order valence-electron chi connectivity index (χ3n) is 2.26. The fourth-order valence-electron chi connectivity index (χ4n) is 1.37. The lowest BCUT2D eigenvalue weighted by Gasteiger charge is -2.08. The number of carbonyl (C=O) groups is 1. The highest BCUT2D eigenvalue weighted by Crippen LogP contribution is 2.20. The Hall–Kier alpha value is -2.25. The van der Waals surface area contributed by atoms with Crippen molar-refractivity contribution in [3.8, 4) is 0 Å². The van der Waals surface area contributed by atoms with E-state index in [1.54, 1.807) is 12.1 Å². The van der Waals surface area contributed by atoms with Gasteiger partial charge in [0.15, 0.2) is 17.5 Å². The molecule has 0 radical (unpaired) electrons. The van der Waals surface area contributed by atoms with Crippen LogP contribution in [0.1, 0.15) is 10.4 Å². The molecule has 0 aliphatic rings. The van der Waals surface area contributed by atoms with Crippen molar-refractivity contribution < 1.29 is 9.18 Å². The Labute approximate surface area is 112 Å². The minimum Gasteiger partial charge on any atom is -0.306 e. The van der Waals surface area contributed by atoms with Crippen LogP contribution in [-0.2, 0) is 0 Å². The summed E-state index contributed by atoms with van der Waals surface area (Å²) in [6, 6.07) is 4.39. The van der Waals surface area contributed by atoms with Crippen LogP contribution in [0.4, 0.5) is 16.0 Å². The van der Waals surface area contributed by atoms with E-state index in [4.69, 9.17) is 17.4 Å². The lowest BCUT2D eigenvalue weighted by Crippen LogP contribution is -2.18. The maximum absolute atomic E-state index is 13.8. The monoisotopic (exact) mass is 281 g/mol. The van der Waals surface area contributed by atoms with Crippen LogP contribution in [-0.4, -0.2) is 15.9 Å². The first kappa shape index (κ1) is 13.2. The molecule has 98 valence electrons. The topological polar surface area (TPSA) is 92.9 Å². The maximum Gasteiger partial charge on any atom is 0.260 e. The Kier molecular flexibility index (Phi) is 3.88. The molecule has 6 nitrogen and oxygen atoms in total. The van der Waals surface area contributed by atoms with Crippen molar-refractivity contribution in [2.24, 2.45) is 5.84 Å². The molecule has 0 aliphatic carbocycles. The molecule has 0 aromatic carbocycles. The highest BCUT2D eigenvalue weighted by molar-refractivity contribution is 6.33. The van der Waals surface area contributed by atoms with E-state index >= 15 is 0 Å². The summed E-state index contributed by atoms with van der Waals surface area (Å²) in [5, 5.41) is 2.65. The highest BCUT2D eigenvalue weighted by Gasteiger charge is 2.16. The standard InChI is InChI=1S/C11H9ClFN5O/c12-7-2-1-4-15-9(7)17-11(19)6-3-5-16-10(18-14)8(6)13/h1-5H,14H2,(H,16,18)(H,15,17,19). The summed E-state index contributed by atoms with van der Waals surface area (Å²) < 4.78 is 13.8. The van der Waals surface area contributed by atoms with Crippen molar-refractivity contribution in [1.82, 2.24) is 9.97 Å². The van der Waals surface area contributed by atoms with Crippen molar-refractivity contribution in [3.63, 3.8) is 0 Å².